The molecule has 0 N–H and O–H groups in total. The topological polar surface area (TPSA) is 21.8 Å². The number of ether oxygens (including phenoxy) is 2. The van der Waals surface area contributed by atoms with E-state index < -0.39 is 0 Å². The summed E-state index contributed by atoms with van der Waals surface area (Å²) < 4.78 is 11.3. The summed E-state index contributed by atoms with van der Waals surface area (Å²) in [6.07, 6.45) is 4.42. The van der Waals surface area contributed by atoms with E-state index >= 15 is 0 Å². The Balaban J connectivity index is 1.60. The van der Waals surface area contributed by atoms with E-state index in [1.165, 1.54) is 11.1 Å². The molecule has 2 atom stereocenters. The van der Waals surface area contributed by atoms with E-state index in [1.807, 2.05) is 36.4 Å². The van der Waals surface area contributed by atoms with Crippen LogP contribution >= 0.6 is 0 Å². The first kappa shape index (κ1) is 13.1. The summed E-state index contributed by atoms with van der Waals surface area (Å²) in [6.45, 7) is 1.41. The highest BCUT2D eigenvalue weighted by Gasteiger charge is 2.31. The van der Waals surface area contributed by atoms with E-state index in [0.29, 0.717) is 6.61 Å². The molecule has 1 heterocycles. The molecule has 2 unspecified atom stereocenters. The lowest BCUT2D eigenvalue weighted by Crippen LogP contribution is -2.16. The summed E-state index contributed by atoms with van der Waals surface area (Å²) in [5.74, 6) is 0. The third-order valence-corrected chi connectivity index (χ3v) is 3.29. The molecule has 2 aromatic rings. The minimum atomic E-state index is 0.0235. The van der Waals surface area contributed by atoms with Gasteiger partial charge in [-0.3, -0.25) is 0 Å². The first-order valence-corrected chi connectivity index (χ1v) is 6.92. The summed E-state index contributed by atoms with van der Waals surface area (Å²) in [5.41, 5.74) is 2.37. The van der Waals surface area contributed by atoms with Crippen LogP contribution in [0.2, 0.25) is 0 Å². The molecule has 1 fully saturated rings. The van der Waals surface area contributed by atoms with E-state index in [2.05, 4.69) is 36.4 Å². The molecule has 0 spiro atoms. The van der Waals surface area contributed by atoms with Gasteiger partial charge in [0.05, 0.1) is 13.2 Å². The van der Waals surface area contributed by atoms with Gasteiger partial charge in [0.25, 0.3) is 0 Å². The van der Waals surface area contributed by atoms with Crippen LogP contribution < -0.4 is 0 Å². The molecule has 102 valence electrons. The van der Waals surface area contributed by atoms with Gasteiger partial charge in [-0.25, -0.2) is 0 Å². The van der Waals surface area contributed by atoms with Crippen molar-refractivity contribution in [2.45, 2.75) is 18.8 Å². The zero-order valence-corrected chi connectivity index (χ0v) is 11.3. The van der Waals surface area contributed by atoms with Gasteiger partial charge >= 0.3 is 0 Å². The van der Waals surface area contributed by atoms with E-state index in [0.717, 1.165) is 6.61 Å². The van der Waals surface area contributed by atoms with Gasteiger partial charge in [0.15, 0.2) is 0 Å². The molecule has 2 aromatic carbocycles. The zero-order valence-electron chi connectivity index (χ0n) is 11.3. The number of hydrogen-bond acceptors (Lipinski definition) is 2. The summed E-state index contributed by atoms with van der Waals surface area (Å²) in [6, 6.07) is 20.5. The molecular weight excluding hydrogens is 248 g/mol. The number of rotatable bonds is 6. The van der Waals surface area contributed by atoms with Crippen molar-refractivity contribution in [3.8, 4) is 0 Å². The number of benzene rings is 2. The van der Waals surface area contributed by atoms with Crippen LogP contribution in [0.1, 0.15) is 11.1 Å². The van der Waals surface area contributed by atoms with Crippen LogP contribution in [-0.2, 0) is 16.1 Å². The van der Waals surface area contributed by atoms with E-state index in [4.69, 9.17) is 9.47 Å². The Morgan fingerprint density at radius 1 is 1.05 bits per heavy atom. The van der Waals surface area contributed by atoms with Crippen molar-refractivity contribution in [1.82, 2.24) is 0 Å². The van der Waals surface area contributed by atoms with Crippen molar-refractivity contribution < 1.29 is 9.47 Å². The lowest BCUT2D eigenvalue weighted by atomic mass is 10.1. The number of hydrogen-bond donors (Lipinski definition) is 0. The first-order valence-electron chi connectivity index (χ1n) is 6.92. The van der Waals surface area contributed by atoms with Crippen molar-refractivity contribution in [3.63, 3.8) is 0 Å². The number of epoxide rings is 1. The van der Waals surface area contributed by atoms with Gasteiger partial charge in [0.2, 0.25) is 0 Å². The Kier molecular flexibility index (Phi) is 4.26. The minimum Gasteiger partial charge on any atom is -0.370 e. The van der Waals surface area contributed by atoms with E-state index in [9.17, 15) is 0 Å². The normalized spacial score (nSPS) is 19.1. The molecule has 0 saturated carbocycles. The van der Waals surface area contributed by atoms with Crippen LogP contribution in [0.3, 0.4) is 0 Å². The van der Waals surface area contributed by atoms with Gasteiger partial charge < -0.3 is 9.47 Å². The summed E-state index contributed by atoms with van der Waals surface area (Å²) in [5, 5.41) is 0. The Hall–Kier alpha value is -1.90. The molecule has 1 saturated heterocycles. The van der Waals surface area contributed by atoms with Crippen molar-refractivity contribution in [2.75, 3.05) is 6.61 Å². The largest absolute Gasteiger partial charge is 0.370 e. The Labute approximate surface area is 119 Å². The van der Waals surface area contributed by atoms with Crippen LogP contribution in [0.25, 0.3) is 6.08 Å². The second-order valence-electron chi connectivity index (χ2n) is 4.90. The fourth-order valence-corrected chi connectivity index (χ4v) is 2.07. The zero-order chi connectivity index (χ0) is 13.6. The Morgan fingerprint density at radius 3 is 2.35 bits per heavy atom. The summed E-state index contributed by atoms with van der Waals surface area (Å²) in [4.78, 5) is 0. The molecule has 1 aliphatic heterocycles. The van der Waals surface area contributed by atoms with Crippen LogP contribution in [-0.4, -0.2) is 18.8 Å². The predicted molar refractivity (Wildman–Crippen MR) is 80.2 cm³/mol. The van der Waals surface area contributed by atoms with Gasteiger partial charge in [-0.1, -0.05) is 72.8 Å². The molecule has 3 rings (SSSR count). The second kappa shape index (κ2) is 6.51. The quantitative estimate of drug-likeness (QED) is 0.744. The smallest absolute Gasteiger partial charge is 0.111 e. The van der Waals surface area contributed by atoms with E-state index in [-0.39, 0.29) is 12.2 Å². The average molecular weight is 266 g/mol. The van der Waals surface area contributed by atoms with Crippen LogP contribution in [0, 0.1) is 0 Å². The maximum Gasteiger partial charge on any atom is 0.111 e. The molecular formula is C18H18O2. The van der Waals surface area contributed by atoms with Crippen molar-refractivity contribution in [1.29, 1.82) is 0 Å². The highest BCUT2D eigenvalue weighted by Crippen LogP contribution is 2.20. The van der Waals surface area contributed by atoms with Gasteiger partial charge in [-0.15, -0.1) is 0 Å². The van der Waals surface area contributed by atoms with Crippen molar-refractivity contribution in [3.05, 3.63) is 77.9 Å². The van der Waals surface area contributed by atoms with Gasteiger partial charge in [0, 0.05) is 0 Å². The molecule has 1 aliphatic rings. The molecule has 2 heteroatoms. The molecule has 0 radical (unpaired) electrons. The van der Waals surface area contributed by atoms with E-state index in [1.54, 1.807) is 0 Å². The second-order valence-corrected chi connectivity index (χ2v) is 4.90. The molecule has 0 amide bonds. The third kappa shape index (κ3) is 3.80. The first-order chi connectivity index (χ1) is 9.92. The van der Waals surface area contributed by atoms with Crippen LogP contribution in [0.5, 0.6) is 0 Å². The third-order valence-electron chi connectivity index (χ3n) is 3.29. The van der Waals surface area contributed by atoms with Gasteiger partial charge in [0.1, 0.15) is 12.2 Å². The standard InChI is InChI=1S/C18H18O2/c1-3-7-15(8-4-1)11-12-17(18-14-20-18)19-13-16-9-5-2-6-10-16/h1-12,17-18H,13-14H2. The van der Waals surface area contributed by atoms with Crippen molar-refractivity contribution >= 4 is 6.08 Å². The molecule has 0 bridgehead atoms. The Bertz CT molecular complexity index is 544. The molecule has 0 aromatic heterocycles. The van der Waals surface area contributed by atoms with Gasteiger partial charge in [-0.05, 0) is 11.1 Å². The lowest BCUT2D eigenvalue weighted by Gasteiger charge is -2.11. The monoisotopic (exact) mass is 266 g/mol. The SMILES string of the molecule is C(=CC(OCc1ccccc1)C1CO1)c1ccccc1. The van der Waals surface area contributed by atoms with Crippen LogP contribution in [0.15, 0.2) is 66.7 Å². The minimum absolute atomic E-state index is 0.0235. The maximum absolute atomic E-state index is 5.96. The highest BCUT2D eigenvalue weighted by molar-refractivity contribution is 5.49. The van der Waals surface area contributed by atoms with Crippen molar-refractivity contribution in [2.24, 2.45) is 0 Å². The fraction of sp³-hybridized carbons (Fsp3) is 0.222. The van der Waals surface area contributed by atoms with Gasteiger partial charge in [-0.2, -0.15) is 0 Å². The maximum atomic E-state index is 5.96. The molecule has 0 aliphatic carbocycles. The highest BCUT2D eigenvalue weighted by atomic mass is 16.6. The summed E-state index contributed by atoms with van der Waals surface area (Å²) >= 11 is 0. The molecule has 20 heavy (non-hydrogen) atoms. The average Bonchev–Trinajstić information content (AvgIpc) is 3.34. The predicted octanol–water partition coefficient (Wildman–Crippen LogP) is 3.68. The van der Waals surface area contributed by atoms with Crippen LogP contribution in [0.4, 0.5) is 0 Å². The molecule has 2 nitrogen and oxygen atoms in total. The summed E-state index contributed by atoms with van der Waals surface area (Å²) in [7, 11) is 0. The fourth-order valence-electron chi connectivity index (χ4n) is 2.07. The Morgan fingerprint density at radius 2 is 1.70 bits per heavy atom. The lowest BCUT2D eigenvalue weighted by molar-refractivity contribution is 0.0531.